The number of aromatic nitrogens is 1. The van der Waals surface area contributed by atoms with Crippen molar-refractivity contribution < 1.29 is 24.2 Å². The number of carbonyl (C=O) groups is 2. The molecule has 3 heterocycles. The summed E-state index contributed by atoms with van der Waals surface area (Å²) in [6.45, 7) is 5.46. The molecule has 0 aliphatic carbocycles. The number of fused-ring (bicyclic) bond motifs is 2. The van der Waals surface area contributed by atoms with Gasteiger partial charge in [0.05, 0.1) is 25.0 Å². The number of ether oxygens (including phenoxy) is 2. The molecule has 0 saturated carbocycles. The molecule has 10 heteroatoms. The van der Waals surface area contributed by atoms with Gasteiger partial charge in [-0.3, -0.25) is 23.9 Å². The Hall–Kier alpha value is -3.89. The van der Waals surface area contributed by atoms with E-state index >= 15 is 0 Å². The normalized spacial score (nSPS) is 14.1. The van der Waals surface area contributed by atoms with E-state index in [0.29, 0.717) is 17.9 Å². The lowest BCUT2D eigenvalue weighted by Gasteiger charge is -2.36. The van der Waals surface area contributed by atoms with E-state index in [1.165, 1.54) is 26.4 Å². The number of carboxylic acid groups (broad SMARTS) is 1. The van der Waals surface area contributed by atoms with Gasteiger partial charge in [0.25, 0.3) is 5.56 Å². The first kappa shape index (κ1) is 27.7. The maximum atomic E-state index is 12.4. The van der Waals surface area contributed by atoms with E-state index in [-0.39, 0.29) is 25.1 Å². The van der Waals surface area contributed by atoms with Gasteiger partial charge in [-0.15, -0.1) is 11.3 Å². The monoisotopic (exact) mass is 563 g/mol. The SMILES string of the molecule is O=C(O)CCC(=O)OCn1c(=O)ccc2ccc(OCCCCN3CCN(c4cccc5sccc45)CC3)cc21. The molecular formula is C30H33N3O6S. The van der Waals surface area contributed by atoms with E-state index < -0.39 is 11.9 Å². The molecular weight excluding hydrogens is 530 g/mol. The molecule has 4 aromatic rings. The minimum absolute atomic E-state index is 0.246. The van der Waals surface area contributed by atoms with E-state index in [1.54, 1.807) is 23.5 Å². The smallest absolute Gasteiger partial charge is 0.308 e. The molecule has 1 saturated heterocycles. The first-order chi connectivity index (χ1) is 19.5. The fourth-order valence-electron chi connectivity index (χ4n) is 5.00. The Kier molecular flexibility index (Phi) is 8.98. The van der Waals surface area contributed by atoms with Gasteiger partial charge in [0.2, 0.25) is 0 Å². The third kappa shape index (κ3) is 6.81. The van der Waals surface area contributed by atoms with Crippen molar-refractivity contribution in [2.45, 2.75) is 32.4 Å². The lowest BCUT2D eigenvalue weighted by molar-refractivity contribution is -0.150. The molecule has 1 aliphatic rings. The summed E-state index contributed by atoms with van der Waals surface area (Å²) in [6, 6.07) is 17.4. The van der Waals surface area contributed by atoms with Gasteiger partial charge in [-0.1, -0.05) is 6.07 Å². The van der Waals surface area contributed by atoms with Crippen LogP contribution in [0.25, 0.3) is 21.0 Å². The van der Waals surface area contributed by atoms with Crippen molar-refractivity contribution in [2.24, 2.45) is 0 Å². The van der Waals surface area contributed by atoms with E-state index in [9.17, 15) is 14.4 Å². The predicted octanol–water partition coefficient (Wildman–Crippen LogP) is 4.56. The van der Waals surface area contributed by atoms with Crippen LogP contribution >= 0.6 is 11.3 Å². The van der Waals surface area contributed by atoms with Crippen LogP contribution in [0.3, 0.4) is 0 Å². The summed E-state index contributed by atoms with van der Waals surface area (Å²) in [6.07, 6.45) is 1.38. The van der Waals surface area contributed by atoms with Crippen molar-refractivity contribution in [1.29, 1.82) is 0 Å². The van der Waals surface area contributed by atoms with Crippen LogP contribution in [0.15, 0.2) is 64.8 Å². The second-order valence-corrected chi connectivity index (χ2v) is 10.8. The zero-order chi connectivity index (χ0) is 27.9. The average Bonchev–Trinajstić information content (AvgIpc) is 3.45. The Morgan fingerprint density at radius 3 is 2.60 bits per heavy atom. The topological polar surface area (TPSA) is 101 Å². The third-order valence-corrected chi connectivity index (χ3v) is 8.07. The number of piperazine rings is 1. The highest BCUT2D eigenvalue weighted by Gasteiger charge is 2.18. The molecule has 0 radical (unpaired) electrons. The molecule has 0 bridgehead atoms. The van der Waals surface area contributed by atoms with E-state index in [0.717, 1.165) is 51.0 Å². The summed E-state index contributed by atoms with van der Waals surface area (Å²) >= 11 is 1.79. The maximum absolute atomic E-state index is 12.4. The van der Waals surface area contributed by atoms with Crippen molar-refractivity contribution in [1.82, 2.24) is 9.47 Å². The number of hydrogen-bond acceptors (Lipinski definition) is 8. The minimum atomic E-state index is -1.08. The number of carbonyl (C=O) groups excluding carboxylic acids is 1. The largest absolute Gasteiger partial charge is 0.494 e. The molecule has 40 heavy (non-hydrogen) atoms. The van der Waals surface area contributed by atoms with Gasteiger partial charge in [0.15, 0.2) is 6.73 Å². The summed E-state index contributed by atoms with van der Waals surface area (Å²) in [4.78, 5) is 39.9. The number of unbranched alkanes of at least 4 members (excludes halogenated alkanes) is 1. The number of nitrogens with zero attached hydrogens (tertiary/aromatic N) is 3. The molecule has 2 aromatic carbocycles. The standard InChI is InChI=1S/C30H33N3O6S/c34-28-9-7-22-6-8-23(20-26(22)33(28)21-39-30(37)11-10-29(35)36)38-18-2-1-13-31-14-16-32(17-15-31)25-4-3-5-27-24(25)12-19-40-27/h3-9,12,19-20H,1-2,10-11,13-18,21H2,(H,35,36). The Labute approximate surface area is 236 Å². The highest BCUT2D eigenvalue weighted by atomic mass is 32.1. The second-order valence-electron chi connectivity index (χ2n) is 9.85. The Bertz CT molecular complexity index is 1540. The quantitative estimate of drug-likeness (QED) is 0.198. The van der Waals surface area contributed by atoms with Gasteiger partial charge in [0, 0.05) is 54.1 Å². The van der Waals surface area contributed by atoms with Crippen molar-refractivity contribution in [3.63, 3.8) is 0 Å². The molecule has 210 valence electrons. The van der Waals surface area contributed by atoms with Crippen molar-refractivity contribution >= 4 is 50.0 Å². The third-order valence-electron chi connectivity index (χ3n) is 7.19. The van der Waals surface area contributed by atoms with Crippen molar-refractivity contribution in [3.05, 3.63) is 70.3 Å². The molecule has 9 nitrogen and oxygen atoms in total. The number of hydrogen-bond donors (Lipinski definition) is 1. The van der Waals surface area contributed by atoms with Gasteiger partial charge in [0.1, 0.15) is 5.75 Å². The first-order valence-electron chi connectivity index (χ1n) is 13.6. The van der Waals surface area contributed by atoms with Crippen molar-refractivity contribution in [3.8, 4) is 5.75 Å². The lowest BCUT2D eigenvalue weighted by Crippen LogP contribution is -2.46. The van der Waals surface area contributed by atoms with E-state index in [2.05, 4.69) is 39.4 Å². The molecule has 0 atom stereocenters. The first-order valence-corrected chi connectivity index (χ1v) is 14.4. The van der Waals surface area contributed by atoms with Gasteiger partial charge < -0.3 is 19.5 Å². The van der Waals surface area contributed by atoms with Crippen LogP contribution in [0.2, 0.25) is 0 Å². The number of carboxylic acids is 1. The van der Waals surface area contributed by atoms with Gasteiger partial charge in [-0.05, 0) is 66.6 Å². The number of benzene rings is 2. The number of aliphatic carboxylic acids is 1. The minimum Gasteiger partial charge on any atom is -0.494 e. The molecule has 2 aromatic heterocycles. The molecule has 1 fully saturated rings. The number of pyridine rings is 1. The van der Waals surface area contributed by atoms with Crippen LogP contribution in [0.4, 0.5) is 5.69 Å². The average molecular weight is 564 g/mol. The van der Waals surface area contributed by atoms with Crippen LogP contribution in [0.5, 0.6) is 5.75 Å². The second kappa shape index (κ2) is 13.0. The molecule has 0 spiro atoms. The fourth-order valence-corrected chi connectivity index (χ4v) is 5.81. The van der Waals surface area contributed by atoms with E-state index in [4.69, 9.17) is 14.6 Å². The summed E-state index contributed by atoms with van der Waals surface area (Å²) in [5, 5.41) is 13.0. The van der Waals surface area contributed by atoms with Crippen molar-refractivity contribution in [2.75, 3.05) is 44.2 Å². The number of thiophene rings is 1. The Balaban J connectivity index is 1.08. The number of esters is 1. The zero-order valence-corrected chi connectivity index (χ0v) is 23.1. The summed E-state index contributed by atoms with van der Waals surface area (Å²) in [7, 11) is 0. The Morgan fingerprint density at radius 1 is 0.950 bits per heavy atom. The molecule has 0 amide bonds. The predicted molar refractivity (Wildman–Crippen MR) is 156 cm³/mol. The number of anilines is 1. The molecule has 1 N–H and O–H groups in total. The van der Waals surface area contributed by atoms with Gasteiger partial charge in [-0.2, -0.15) is 0 Å². The van der Waals surface area contributed by atoms with Crippen LogP contribution < -0.4 is 15.2 Å². The summed E-state index contributed by atoms with van der Waals surface area (Å²) < 4.78 is 13.8. The van der Waals surface area contributed by atoms with Gasteiger partial charge in [-0.25, -0.2) is 0 Å². The summed E-state index contributed by atoms with van der Waals surface area (Å²) in [5.41, 5.74) is 1.61. The highest BCUT2D eigenvalue weighted by molar-refractivity contribution is 7.17. The maximum Gasteiger partial charge on any atom is 0.308 e. The van der Waals surface area contributed by atoms with Crippen LogP contribution in [0, 0.1) is 0 Å². The van der Waals surface area contributed by atoms with E-state index in [1.807, 2.05) is 12.1 Å². The lowest BCUT2D eigenvalue weighted by atomic mass is 10.2. The molecule has 1 aliphatic heterocycles. The molecule has 0 unspecified atom stereocenters. The summed E-state index contributed by atoms with van der Waals surface area (Å²) in [5.74, 6) is -1.10. The fraction of sp³-hybridized carbons (Fsp3) is 0.367. The van der Waals surface area contributed by atoms with Crippen LogP contribution in [-0.2, 0) is 21.1 Å². The van der Waals surface area contributed by atoms with Crippen LogP contribution in [0.1, 0.15) is 25.7 Å². The number of rotatable bonds is 12. The van der Waals surface area contributed by atoms with Crippen LogP contribution in [-0.4, -0.2) is 65.8 Å². The zero-order valence-electron chi connectivity index (χ0n) is 22.3. The molecule has 5 rings (SSSR count). The highest BCUT2D eigenvalue weighted by Crippen LogP contribution is 2.31. The Morgan fingerprint density at radius 2 is 1.77 bits per heavy atom. The van der Waals surface area contributed by atoms with Gasteiger partial charge >= 0.3 is 11.9 Å².